The molecule has 2 aromatic heterocycles. The monoisotopic (exact) mass is 599 g/mol. The van der Waals surface area contributed by atoms with E-state index in [1.54, 1.807) is 4.68 Å². The van der Waals surface area contributed by atoms with Crippen molar-refractivity contribution >= 4 is 57.4 Å². The second kappa shape index (κ2) is 9.28. The zero-order valence-corrected chi connectivity index (χ0v) is 22.2. The van der Waals surface area contributed by atoms with Gasteiger partial charge >= 0.3 is 0 Å². The quantitative estimate of drug-likeness (QED) is 0.233. The minimum Gasteiger partial charge on any atom is -0.480 e. The van der Waals surface area contributed by atoms with Gasteiger partial charge in [-0.1, -0.05) is 24.3 Å². The third kappa shape index (κ3) is 4.10. The van der Waals surface area contributed by atoms with Gasteiger partial charge in [-0.2, -0.15) is 10.2 Å². The molecular weight excluding hydrogens is 576 g/mol. The van der Waals surface area contributed by atoms with E-state index in [-0.39, 0.29) is 5.91 Å². The highest BCUT2D eigenvalue weighted by Gasteiger charge is 2.33. The van der Waals surface area contributed by atoms with Crippen LogP contribution in [0.1, 0.15) is 17.7 Å². The Labute approximate surface area is 217 Å². The number of aromatic nitrogens is 4. The van der Waals surface area contributed by atoms with Crippen LogP contribution in [0, 0.1) is 0 Å². The van der Waals surface area contributed by atoms with Crippen LogP contribution in [0.3, 0.4) is 0 Å². The SMILES string of the molecule is Cn1ncc2c1OCCN1CCC(Oc3ccccc3/C=C/c3nn(PI)c4ccc-2cc34)C1=O. The van der Waals surface area contributed by atoms with Crippen molar-refractivity contribution in [1.82, 2.24) is 24.2 Å². The molecule has 0 radical (unpaired) electrons. The maximum Gasteiger partial charge on any atom is 0.263 e. The standard InChI is InChI=1S/C25H23IN5O3P/c1-29-25-19(15-27-29)17-7-9-21-18(14-17)20(28-31(21)35-26)8-6-16-4-2-3-5-22(16)34-23-10-11-30(24(23)32)12-13-33-25/h2-9,14-15,23,35H,10-13H2,1H3/b8-6+. The van der Waals surface area contributed by atoms with E-state index < -0.39 is 6.10 Å². The topological polar surface area (TPSA) is 74.4 Å². The van der Waals surface area contributed by atoms with E-state index in [9.17, 15) is 4.79 Å². The number of hydrogen-bond acceptors (Lipinski definition) is 5. The van der Waals surface area contributed by atoms with E-state index in [2.05, 4.69) is 45.3 Å². The molecule has 10 heteroatoms. The highest BCUT2D eigenvalue weighted by Crippen LogP contribution is 2.36. The van der Waals surface area contributed by atoms with E-state index in [1.165, 1.54) is 0 Å². The summed E-state index contributed by atoms with van der Waals surface area (Å²) in [6, 6.07) is 14.1. The molecule has 8 nitrogen and oxygen atoms in total. The molecule has 4 aromatic rings. The molecule has 2 atom stereocenters. The summed E-state index contributed by atoms with van der Waals surface area (Å²) < 4.78 is 16.1. The summed E-state index contributed by atoms with van der Waals surface area (Å²) in [5, 5.41) is 10.3. The molecule has 35 heavy (non-hydrogen) atoms. The Kier molecular flexibility index (Phi) is 5.98. The van der Waals surface area contributed by atoms with Gasteiger partial charge in [0.1, 0.15) is 12.4 Å². The van der Waals surface area contributed by atoms with E-state index >= 15 is 0 Å². The van der Waals surface area contributed by atoms with Gasteiger partial charge in [0.15, 0.2) is 6.10 Å². The average Bonchev–Trinajstić information content (AvgIpc) is 3.53. The summed E-state index contributed by atoms with van der Waals surface area (Å²) in [5.41, 5.74) is 4.79. The summed E-state index contributed by atoms with van der Waals surface area (Å²) >= 11 is 2.35. The minimum atomic E-state index is -0.492. The van der Waals surface area contributed by atoms with Gasteiger partial charge in [-0.3, -0.25) is 4.79 Å². The van der Waals surface area contributed by atoms with Crippen molar-refractivity contribution in [3.8, 4) is 22.8 Å². The normalized spacial score (nSPS) is 19.0. The summed E-state index contributed by atoms with van der Waals surface area (Å²) in [6.45, 7) is 1.53. The van der Waals surface area contributed by atoms with E-state index in [1.807, 2.05) is 59.0 Å². The zero-order chi connectivity index (χ0) is 23.9. The molecule has 6 rings (SSSR count). The molecule has 2 aliphatic heterocycles. The van der Waals surface area contributed by atoms with Crippen LogP contribution in [0.25, 0.3) is 34.2 Å². The second-order valence-electron chi connectivity index (χ2n) is 8.54. The maximum absolute atomic E-state index is 13.0. The van der Waals surface area contributed by atoms with E-state index in [0.29, 0.717) is 44.1 Å². The van der Waals surface area contributed by atoms with Crippen LogP contribution >= 0.6 is 28.4 Å². The molecule has 1 fully saturated rings. The van der Waals surface area contributed by atoms with Crippen molar-refractivity contribution in [2.24, 2.45) is 7.05 Å². The van der Waals surface area contributed by atoms with Crippen LogP contribution in [-0.2, 0) is 11.8 Å². The van der Waals surface area contributed by atoms with Crippen LogP contribution in [0.2, 0.25) is 0 Å². The van der Waals surface area contributed by atoms with Crippen molar-refractivity contribution in [2.75, 3.05) is 19.7 Å². The number of aryl methyl sites for hydroxylation is 1. The number of para-hydroxylation sites is 1. The van der Waals surface area contributed by atoms with Gasteiger partial charge in [0.05, 0.1) is 35.9 Å². The van der Waals surface area contributed by atoms with Gasteiger partial charge in [-0.15, -0.1) is 0 Å². The maximum atomic E-state index is 13.0. The fraction of sp³-hybridized carbons (Fsp3) is 0.240. The number of rotatable bonds is 1. The van der Waals surface area contributed by atoms with Crippen LogP contribution in [0.4, 0.5) is 0 Å². The lowest BCUT2D eigenvalue weighted by Crippen LogP contribution is -2.35. The number of carbonyl (C=O) groups is 1. The van der Waals surface area contributed by atoms with Gasteiger partial charge in [0.25, 0.3) is 5.91 Å². The third-order valence-corrected chi connectivity index (χ3v) is 8.31. The van der Waals surface area contributed by atoms with E-state index in [0.717, 1.165) is 33.3 Å². The number of hydrogen-bond donors (Lipinski definition) is 0. The number of ether oxygens (including phenoxy) is 2. The first kappa shape index (κ1) is 22.5. The fourth-order valence-corrected chi connectivity index (χ4v) is 6.17. The third-order valence-electron chi connectivity index (χ3n) is 6.44. The average molecular weight is 599 g/mol. The molecule has 1 saturated heterocycles. The Morgan fingerprint density at radius 1 is 1.14 bits per heavy atom. The molecule has 0 N–H and O–H groups in total. The molecule has 2 unspecified atom stereocenters. The van der Waals surface area contributed by atoms with Crippen LogP contribution in [0.15, 0.2) is 48.7 Å². The molecule has 1 amide bonds. The Hall–Kier alpha value is -2.91. The van der Waals surface area contributed by atoms with Crippen molar-refractivity contribution in [3.63, 3.8) is 0 Å². The number of halogens is 1. The van der Waals surface area contributed by atoms with E-state index in [4.69, 9.17) is 14.6 Å². The Morgan fingerprint density at radius 2 is 2.03 bits per heavy atom. The molecule has 0 saturated carbocycles. The van der Waals surface area contributed by atoms with Crippen LogP contribution in [0.5, 0.6) is 11.6 Å². The first-order valence-electron chi connectivity index (χ1n) is 11.4. The van der Waals surface area contributed by atoms with Gasteiger partial charge in [-0.05, 0) is 58.0 Å². The minimum absolute atomic E-state index is 0.00271. The van der Waals surface area contributed by atoms with Crippen LogP contribution < -0.4 is 9.47 Å². The largest absolute Gasteiger partial charge is 0.480 e. The lowest BCUT2D eigenvalue weighted by Gasteiger charge is -2.18. The number of amides is 1. The van der Waals surface area contributed by atoms with Crippen molar-refractivity contribution < 1.29 is 14.3 Å². The van der Waals surface area contributed by atoms with Gasteiger partial charge in [-0.25, -0.2) is 9.13 Å². The Bertz CT molecular complexity index is 1460. The fourth-order valence-electron chi connectivity index (χ4n) is 4.63. The van der Waals surface area contributed by atoms with Gasteiger partial charge < -0.3 is 14.4 Å². The number of carbonyl (C=O) groups excluding carboxylic acids is 1. The summed E-state index contributed by atoms with van der Waals surface area (Å²) in [5.74, 6) is 1.38. The van der Waals surface area contributed by atoms with Crippen molar-refractivity contribution in [3.05, 3.63) is 59.9 Å². The Morgan fingerprint density at radius 3 is 2.91 bits per heavy atom. The molecule has 4 heterocycles. The zero-order valence-electron chi connectivity index (χ0n) is 19.0. The van der Waals surface area contributed by atoms with Gasteiger partial charge in [0.2, 0.25) is 5.88 Å². The highest BCUT2D eigenvalue weighted by atomic mass is 127. The first-order chi connectivity index (χ1) is 17.1. The van der Waals surface area contributed by atoms with Gasteiger partial charge in [0, 0.05) is 31.0 Å². The number of benzene rings is 2. The lowest BCUT2D eigenvalue weighted by atomic mass is 10.0. The molecule has 0 aliphatic carbocycles. The molecule has 2 aromatic carbocycles. The van der Waals surface area contributed by atoms with Crippen molar-refractivity contribution in [2.45, 2.75) is 12.5 Å². The highest BCUT2D eigenvalue weighted by molar-refractivity contribution is 14.2. The molecule has 178 valence electrons. The number of nitrogens with zero attached hydrogens (tertiary/aromatic N) is 5. The first-order valence-corrected chi connectivity index (χ1v) is 15.5. The van der Waals surface area contributed by atoms with Crippen molar-refractivity contribution in [1.29, 1.82) is 0 Å². The lowest BCUT2D eigenvalue weighted by molar-refractivity contribution is -0.133. The predicted octanol–water partition coefficient (Wildman–Crippen LogP) is 4.77. The molecule has 4 bridgehead atoms. The summed E-state index contributed by atoms with van der Waals surface area (Å²) in [4.78, 5) is 14.8. The molecule has 0 spiro atoms. The molecule has 2 aliphatic rings. The second-order valence-corrected chi connectivity index (χ2v) is 10.6. The molecular formula is C25H23IN5O3P. The smallest absolute Gasteiger partial charge is 0.263 e. The Balaban J connectivity index is 1.51. The predicted molar refractivity (Wildman–Crippen MR) is 146 cm³/mol. The van der Waals surface area contributed by atoms with Crippen LogP contribution in [-0.4, -0.2) is 55.9 Å². The summed E-state index contributed by atoms with van der Waals surface area (Å²) in [7, 11) is 1.87. The summed E-state index contributed by atoms with van der Waals surface area (Å²) in [6.07, 6.45) is 6.49. The number of fused-ring (bicyclic) bond motifs is 6.